The van der Waals surface area contributed by atoms with E-state index in [1.807, 2.05) is 0 Å². The molecule has 1 aliphatic rings. The summed E-state index contributed by atoms with van der Waals surface area (Å²) in [5.74, 6) is 1.62. The van der Waals surface area contributed by atoms with Crippen molar-refractivity contribution in [3.8, 4) is 0 Å². The van der Waals surface area contributed by atoms with Gasteiger partial charge in [0.25, 0.3) is 0 Å². The minimum absolute atomic E-state index is 0.640. The van der Waals surface area contributed by atoms with E-state index in [0.29, 0.717) is 5.92 Å². The van der Waals surface area contributed by atoms with Crippen LogP contribution in [0.3, 0.4) is 0 Å². The Hall–Kier alpha value is -0.820. The summed E-state index contributed by atoms with van der Waals surface area (Å²) in [5, 5.41) is 3.74. The van der Waals surface area contributed by atoms with E-state index in [4.69, 9.17) is 0 Å². The Kier molecular flexibility index (Phi) is 6.09. The average molecular weight is 273 g/mol. The van der Waals surface area contributed by atoms with E-state index >= 15 is 0 Å². The first-order chi connectivity index (χ1) is 9.70. The van der Waals surface area contributed by atoms with E-state index in [0.717, 1.165) is 12.0 Å². The van der Waals surface area contributed by atoms with Crippen LogP contribution in [0, 0.1) is 5.92 Å². The maximum absolute atomic E-state index is 3.74. The minimum atomic E-state index is 0.640. The van der Waals surface area contributed by atoms with E-state index < -0.39 is 0 Å². The summed E-state index contributed by atoms with van der Waals surface area (Å²) in [4.78, 5) is 0. The highest BCUT2D eigenvalue weighted by atomic mass is 14.9. The second kappa shape index (κ2) is 7.83. The van der Waals surface area contributed by atoms with Crippen LogP contribution in [0.5, 0.6) is 0 Å². The number of rotatable bonds is 9. The lowest BCUT2D eigenvalue weighted by Crippen LogP contribution is -2.31. The van der Waals surface area contributed by atoms with Gasteiger partial charge in [-0.05, 0) is 68.0 Å². The van der Waals surface area contributed by atoms with Crippen LogP contribution < -0.4 is 5.32 Å². The lowest BCUT2D eigenvalue weighted by Gasteiger charge is -2.17. The highest BCUT2D eigenvalue weighted by Gasteiger charge is 2.29. The first-order valence-corrected chi connectivity index (χ1v) is 8.53. The Bertz CT molecular complexity index is 375. The molecule has 1 atom stereocenters. The fourth-order valence-electron chi connectivity index (χ4n) is 2.93. The molecule has 0 aromatic heterocycles. The summed E-state index contributed by atoms with van der Waals surface area (Å²) in [6.45, 7) is 7.96. The lowest BCUT2D eigenvalue weighted by atomic mass is 9.98. The number of benzene rings is 1. The van der Waals surface area contributed by atoms with Crippen LogP contribution >= 0.6 is 0 Å². The minimum Gasteiger partial charge on any atom is -0.314 e. The first kappa shape index (κ1) is 15.6. The van der Waals surface area contributed by atoms with Crippen molar-refractivity contribution in [2.75, 3.05) is 6.54 Å². The monoisotopic (exact) mass is 273 g/mol. The Morgan fingerprint density at radius 1 is 1.15 bits per heavy atom. The number of hydrogen-bond donors (Lipinski definition) is 1. The molecule has 0 aliphatic heterocycles. The molecule has 1 unspecified atom stereocenters. The zero-order valence-electron chi connectivity index (χ0n) is 13.5. The zero-order chi connectivity index (χ0) is 14.4. The summed E-state index contributed by atoms with van der Waals surface area (Å²) in [5.41, 5.74) is 2.95. The number of hydrogen-bond acceptors (Lipinski definition) is 1. The van der Waals surface area contributed by atoms with Gasteiger partial charge in [0.15, 0.2) is 0 Å². The second-order valence-corrected chi connectivity index (χ2v) is 6.69. The Labute approximate surface area is 125 Å². The number of aryl methyl sites for hydroxylation is 1. The summed E-state index contributed by atoms with van der Waals surface area (Å²) in [6, 6.07) is 10.0. The molecule has 20 heavy (non-hydrogen) atoms. The molecule has 0 bridgehead atoms. The Balaban J connectivity index is 1.73. The molecule has 0 saturated heterocycles. The molecule has 0 heterocycles. The SMILES string of the molecule is CCCNC(CCCc1ccc(C(C)C)cc1)C1CC1. The van der Waals surface area contributed by atoms with E-state index in [1.165, 1.54) is 56.2 Å². The van der Waals surface area contributed by atoms with Crippen molar-refractivity contribution in [1.29, 1.82) is 0 Å². The summed E-state index contributed by atoms with van der Waals surface area (Å²) < 4.78 is 0. The molecule has 1 aromatic rings. The van der Waals surface area contributed by atoms with Gasteiger partial charge < -0.3 is 5.32 Å². The smallest absolute Gasteiger partial charge is 0.00954 e. The topological polar surface area (TPSA) is 12.0 Å². The van der Waals surface area contributed by atoms with Gasteiger partial charge in [-0.15, -0.1) is 0 Å². The largest absolute Gasteiger partial charge is 0.314 e. The molecular weight excluding hydrogens is 242 g/mol. The molecule has 1 heteroatoms. The zero-order valence-corrected chi connectivity index (χ0v) is 13.5. The van der Waals surface area contributed by atoms with Crippen LogP contribution in [0.15, 0.2) is 24.3 Å². The van der Waals surface area contributed by atoms with Gasteiger partial charge in [-0.1, -0.05) is 45.0 Å². The van der Waals surface area contributed by atoms with E-state index in [-0.39, 0.29) is 0 Å². The van der Waals surface area contributed by atoms with Gasteiger partial charge in [-0.25, -0.2) is 0 Å². The Morgan fingerprint density at radius 2 is 1.85 bits per heavy atom. The quantitative estimate of drug-likeness (QED) is 0.674. The third-order valence-electron chi connectivity index (χ3n) is 4.47. The van der Waals surface area contributed by atoms with Crippen LogP contribution in [0.2, 0.25) is 0 Å². The van der Waals surface area contributed by atoms with Gasteiger partial charge in [-0.2, -0.15) is 0 Å². The third kappa shape index (κ3) is 4.94. The van der Waals surface area contributed by atoms with Crippen molar-refractivity contribution in [3.05, 3.63) is 35.4 Å². The van der Waals surface area contributed by atoms with E-state index in [9.17, 15) is 0 Å². The normalized spacial score (nSPS) is 16.6. The predicted octanol–water partition coefficient (Wildman–Crippen LogP) is 4.91. The summed E-state index contributed by atoms with van der Waals surface area (Å²) >= 11 is 0. The van der Waals surface area contributed by atoms with Crippen molar-refractivity contribution in [1.82, 2.24) is 5.32 Å². The van der Waals surface area contributed by atoms with Crippen molar-refractivity contribution in [2.24, 2.45) is 5.92 Å². The molecule has 0 amide bonds. The van der Waals surface area contributed by atoms with Crippen LogP contribution in [0.4, 0.5) is 0 Å². The molecule has 0 spiro atoms. The van der Waals surface area contributed by atoms with E-state index in [1.54, 1.807) is 0 Å². The molecule has 2 rings (SSSR count). The number of nitrogens with one attached hydrogen (secondary N) is 1. The maximum Gasteiger partial charge on any atom is 0.00954 e. The van der Waals surface area contributed by atoms with Crippen LogP contribution in [0.1, 0.15) is 69.9 Å². The fourth-order valence-corrected chi connectivity index (χ4v) is 2.93. The standard InChI is InChI=1S/C19H31N/c1-4-14-20-19(18-12-13-18)7-5-6-16-8-10-17(11-9-16)15(2)3/h8-11,15,18-20H,4-7,12-14H2,1-3H3. The molecule has 1 aliphatic carbocycles. The molecule has 1 aromatic carbocycles. The molecule has 112 valence electrons. The van der Waals surface area contributed by atoms with Crippen molar-refractivity contribution < 1.29 is 0 Å². The van der Waals surface area contributed by atoms with Gasteiger partial charge in [0, 0.05) is 6.04 Å². The van der Waals surface area contributed by atoms with Crippen LogP contribution in [0.25, 0.3) is 0 Å². The van der Waals surface area contributed by atoms with Gasteiger partial charge in [0.1, 0.15) is 0 Å². The van der Waals surface area contributed by atoms with Crippen molar-refractivity contribution in [3.63, 3.8) is 0 Å². The molecule has 0 radical (unpaired) electrons. The van der Waals surface area contributed by atoms with Crippen molar-refractivity contribution in [2.45, 2.75) is 71.3 Å². The van der Waals surface area contributed by atoms with Gasteiger partial charge in [0.2, 0.25) is 0 Å². The Morgan fingerprint density at radius 3 is 2.40 bits per heavy atom. The van der Waals surface area contributed by atoms with Crippen LogP contribution in [-0.4, -0.2) is 12.6 Å². The van der Waals surface area contributed by atoms with Gasteiger partial charge >= 0.3 is 0 Å². The van der Waals surface area contributed by atoms with Gasteiger partial charge in [0.05, 0.1) is 0 Å². The van der Waals surface area contributed by atoms with Crippen molar-refractivity contribution >= 4 is 0 Å². The first-order valence-electron chi connectivity index (χ1n) is 8.53. The molecule has 1 saturated carbocycles. The van der Waals surface area contributed by atoms with E-state index in [2.05, 4.69) is 50.4 Å². The molecule has 1 N–H and O–H groups in total. The molecule has 1 fully saturated rings. The predicted molar refractivity (Wildman–Crippen MR) is 88.3 cm³/mol. The maximum atomic E-state index is 3.74. The molecular formula is C19H31N. The highest BCUT2D eigenvalue weighted by Crippen LogP contribution is 2.34. The third-order valence-corrected chi connectivity index (χ3v) is 4.47. The van der Waals surface area contributed by atoms with Gasteiger partial charge in [-0.3, -0.25) is 0 Å². The highest BCUT2D eigenvalue weighted by molar-refractivity contribution is 5.24. The lowest BCUT2D eigenvalue weighted by molar-refractivity contribution is 0.425. The summed E-state index contributed by atoms with van der Waals surface area (Å²) in [7, 11) is 0. The second-order valence-electron chi connectivity index (χ2n) is 6.69. The average Bonchev–Trinajstić information content (AvgIpc) is 3.27. The molecule has 1 nitrogen and oxygen atoms in total. The summed E-state index contributed by atoms with van der Waals surface area (Å²) in [6.07, 6.45) is 8.04. The van der Waals surface area contributed by atoms with Crippen LogP contribution in [-0.2, 0) is 6.42 Å². The fraction of sp³-hybridized carbons (Fsp3) is 0.684.